The van der Waals surface area contributed by atoms with Gasteiger partial charge in [0.1, 0.15) is 12.4 Å². The predicted molar refractivity (Wildman–Crippen MR) is 56.4 cm³/mol. The minimum Gasteiger partial charge on any atom is -0.491 e. The molecule has 0 fully saturated rings. The largest absolute Gasteiger partial charge is 0.491 e. The lowest BCUT2D eigenvalue weighted by atomic mass is 10.3. The van der Waals surface area contributed by atoms with E-state index in [1.807, 2.05) is 30.3 Å². The van der Waals surface area contributed by atoms with Crippen molar-refractivity contribution in [3.05, 3.63) is 30.3 Å². The summed E-state index contributed by atoms with van der Waals surface area (Å²) in [5.41, 5.74) is 5.32. The van der Waals surface area contributed by atoms with Crippen LogP contribution in [0.25, 0.3) is 0 Å². The van der Waals surface area contributed by atoms with Crippen LogP contribution in [0.1, 0.15) is 6.42 Å². The number of benzene rings is 1. The van der Waals surface area contributed by atoms with Gasteiger partial charge in [-0.25, -0.2) is 0 Å². The average Bonchev–Trinajstić information content (AvgIpc) is 2.25. The van der Waals surface area contributed by atoms with E-state index >= 15 is 0 Å². The number of hydrogen-bond donors (Lipinski definition) is 1. The summed E-state index contributed by atoms with van der Waals surface area (Å²) in [4.78, 5) is 0. The lowest BCUT2D eigenvalue weighted by Crippen LogP contribution is -2.10. The van der Waals surface area contributed by atoms with Gasteiger partial charge in [-0.05, 0) is 25.1 Å². The highest BCUT2D eigenvalue weighted by Crippen LogP contribution is 2.07. The van der Waals surface area contributed by atoms with Crippen LogP contribution in [0.4, 0.5) is 0 Å². The Bertz CT molecular complexity index is 226. The van der Waals surface area contributed by atoms with E-state index in [1.165, 1.54) is 0 Å². The van der Waals surface area contributed by atoms with Crippen molar-refractivity contribution in [2.75, 3.05) is 26.4 Å². The molecule has 0 spiro atoms. The molecule has 1 aromatic rings. The third-order valence-corrected chi connectivity index (χ3v) is 1.73. The zero-order valence-electron chi connectivity index (χ0n) is 8.32. The summed E-state index contributed by atoms with van der Waals surface area (Å²) in [6, 6.07) is 9.72. The first kappa shape index (κ1) is 11.0. The van der Waals surface area contributed by atoms with E-state index in [-0.39, 0.29) is 0 Å². The SMILES string of the molecule is NCCCOCCOc1ccccc1. The topological polar surface area (TPSA) is 44.5 Å². The quantitative estimate of drug-likeness (QED) is 0.669. The smallest absolute Gasteiger partial charge is 0.119 e. The molecule has 0 heterocycles. The summed E-state index contributed by atoms with van der Waals surface area (Å²) in [5, 5.41) is 0. The average molecular weight is 195 g/mol. The Labute approximate surface area is 84.8 Å². The highest BCUT2D eigenvalue weighted by atomic mass is 16.5. The van der Waals surface area contributed by atoms with Crippen molar-refractivity contribution in [2.45, 2.75) is 6.42 Å². The first-order valence-corrected chi connectivity index (χ1v) is 4.89. The number of rotatable bonds is 7. The summed E-state index contributed by atoms with van der Waals surface area (Å²) >= 11 is 0. The van der Waals surface area contributed by atoms with Crippen LogP contribution in [-0.4, -0.2) is 26.4 Å². The van der Waals surface area contributed by atoms with E-state index < -0.39 is 0 Å². The van der Waals surface area contributed by atoms with E-state index in [4.69, 9.17) is 15.2 Å². The van der Waals surface area contributed by atoms with E-state index in [2.05, 4.69) is 0 Å². The molecule has 0 aliphatic carbocycles. The summed E-state index contributed by atoms with van der Waals surface area (Å²) in [6.45, 7) is 2.61. The molecule has 3 nitrogen and oxygen atoms in total. The van der Waals surface area contributed by atoms with Crippen LogP contribution in [0.5, 0.6) is 5.75 Å². The second-order valence-electron chi connectivity index (χ2n) is 2.92. The lowest BCUT2D eigenvalue weighted by Gasteiger charge is -2.06. The van der Waals surface area contributed by atoms with Gasteiger partial charge in [-0.3, -0.25) is 0 Å². The van der Waals surface area contributed by atoms with E-state index in [9.17, 15) is 0 Å². The molecule has 14 heavy (non-hydrogen) atoms. The molecular formula is C11H17NO2. The van der Waals surface area contributed by atoms with Crippen LogP contribution in [-0.2, 0) is 4.74 Å². The van der Waals surface area contributed by atoms with Crippen molar-refractivity contribution in [3.63, 3.8) is 0 Å². The molecule has 0 aromatic heterocycles. The monoisotopic (exact) mass is 195 g/mol. The Hall–Kier alpha value is -1.06. The molecule has 0 bridgehead atoms. The molecule has 0 saturated carbocycles. The van der Waals surface area contributed by atoms with Gasteiger partial charge in [0.25, 0.3) is 0 Å². The minimum atomic E-state index is 0.592. The van der Waals surface area contributed by atoms with Crippen LogP contribution in [0.2, 0.25) is 0 Å². The first-order chi connectivity index (χ1) is 6.93. The third-order valence-electron chi connectivity index (χ3n) is 1.73. The Morgan fingerprint density at radius 3 is 2.50 bits per heavy atom. The number of ether oxygens (including phenoxy) is 2. The van der Waals surface area contributed by atoms with Gasteiger partial charge in [-0.1, -0.05) is 18.2 Å². The fourth-order valence-electron chi connectivity index (χ4n) is 1.02. The molecule has 0 saturated heterocycles. The predicted octanol–water partition coefficient (Wildman–Crippen LogP) is 1.43. The molecular weight excluding hydrogens is 178 g/mol. The van der Waals surface area contributed by atoms with Crippen LogP contribution >= 0.6 is 0 Å². The summed E-state index contributed by atoms with van der Waals surface area (Å²) in [6.07, 6.45) is 0.908. The maximum Gasteiger partial charge on any atom is 0.119 e. The number of nitrogens with two attached hydrogens (primary N) is 1. The van der Waals surface area contributed by atoms with E-state index in [0.717, 1.165) is 12.2 Å². The van der Waals surface area contributed by atoms with Crippen molar-refractivity contribution in [3.8, 4) is 5.75 Å². The maximum atomic E-state index is 5.43. The van der Waals surface area contributed by atoms with Crippen LogP contribution in [0.3, 0.4) is 0 Å². The molecule has 78 valence electrons. The molecule has 0 aliphatic rings. The summed E-state index contributed by atoms with van der Waals surface area (Å²) < 4.78 is 10.7. The zero-order chi connectivity index (χ0) is 10.1. The summed E-state index contributed by atoms with van der Waals surface area (Å²) in [5.74, 6) is 0.884. The van der Waals surface area contributed by atoms with Gasteiger partial charge in [-0.2, -0.15) is 0 Å². The van der Waals surface area contributed by atoms with Crippen LogP contribution in [0.15, 0.2) is 30.3 Å². The van der Waals surface area contributed by atoms with Gasteiger partial charge in [0.05, 0.1) is 6.61 Å². The molecule has 0 amide bonds. The van der Waals surface area contributed by atoms with E-state index in [1.54, 1.807) is 0 Å². The highest BCUT2D eigenvalue weighted by molar-refractivity contribution is 5.20. The normalized spacial score (nSPS) is 10.1. The van der Waals surface area contributed by atoms with Gasteiger partial charge in [0, 0.05) is 6.61 Å². The van der Waals surface area contributed by atoms with Gasteiger partial charge in [0.2, 0.25) is 0 Å². The summed E-state index contributed by atoms with van der Waals surface area (Å²) in [7, 11) is 0. The molecule has 0 aliphatic heterocycles. The van der Waals surface area contributed by atoms with Crippen molar-refractivity contribution in [1.82, 2.24) is 0 Å². The van der Waals surface area contributed by atoms with Crippen molar-refractivity contribution >= 4 is 0 Å². The number of para-hydroxylation sites is 1. The number of hydrogen-bond acceptors (Lipinski definition) is 3. The maximum absolute atomic E-state index is 5.43. The molecule has 0 radical (unpaired) electrons. The van der Waals surface area contributed by atoms with Gasteiger partial charge in [-0.15, -0.1) is 0 Å². The Morgan fingerprint density at radius 2 is 1.79 bits per heavy atom. The molecule has 2 N–H and O–H groups in total. The first-order valence-electron chi connectivity index (χ1n) is 4.89. The van der Waals surface area contributed by atoms with Crippen molar-refractivity contribution < 1.29 is 9.47 Å². The van der Waals surface area contributed by atoms with Crippen LogP contribution < -0.4 is 10.5 Å². The second kappa shape index (κ2) is 7.35. The zero-order valence-corrected chi connectivity index (χ0v) is 8.32. The van der Waals surface area contributed by atoms with Crippen LogP contribution in [0, 0.1) is 0 Å². The molecule has 1 rings (SSSR count). The minimum absolute atomic E-state index is 0.592. The van der Waals surface area contributed by atoms with Crippen molar-refractivity contribution in [2.24, 2.45) is 5.73 Å². The molecule has 1 aromatic carbocycles. The standard InChI is InChI=1S/C11H17NO2/c12-7-4-8-13-9-10-14-11-5-2-1-3-6-11/h1-3,5-6H,4,7-10,12H2. The van der Waals surface area contributed by atoms with Crippen molar-refractivity contribution in [1.29, 1.82) is 0 Å². The molecule has 3 heteroatoms. The lowest BCUT2D eigenvalue weighted by molar-refractivity contribution is 0.0995. The van der Waals surface area contributed by atoms with Gasteiger partial charge < -0.3 is 15.2 Å². The Morgan fingerprint density at radius 1 is 1.00 bits per heavy atom. The molecule has 0 atom stereocenters. The van der Waals surface area contributed by atoms with Gasteiger partial charge >= 0.3 is 0 Å². The highest BCUT2D eigenvalue weighted by Gasteiger charge is 1.91. The van der Waals surface area contributed by atoms with E-state index in [0.29, 0.717) is 26.4 Å². The fourth-order valence-corrected chi connectivity index (χ4v) is 1.02. The fraction of sp³-hybridized carbons (Fsp3) is 0.455. The second-order valence-corrected chi connectivity index (χ2v) is 2.92. The Kier molecular flexibility index (Phi) is 5.79. The molecule has 0 unspecified atom stereocenters. The third kappa shape index (κ3) is 4.84. The van der Waals surface area contributed by atoms with Gasteiger partial charge in [0.15, 0.2) is 0 Å². The Balaban J connectivity index is 1.99.